The zero-order valence-electron chi connectivity index (χ0n) is 14.5. The number of hydrogen-bond acceptors (Lipinski definition) is 5. The Hall–Kier alpha value is -1.95. The number of hydrogen-bond donors (Lipinski definition) is 0. The third-order valence-corrected chi connectivity index (χ3v) is 4.64. The molecule has 0 spiro atoms. The molecule has 1 atom stereocenters. The fraction of sp³-hybridized carbons (Fsp3) is 0.588. The van der Waals surface area contributed by atoms with Gasteiger partial charge < -0.3 is 4.90 Å². The first-order valence-corrected chi connectivity index (χ1v) is 8.28. The second-order valence-electron chi connectivity index (χ2n) is 6.56. The standard InChI is InChI=1S/C17H26N6/c1-13-11-19-22(4)16(13)12-23-10-6-5-7-15(23)14-8-9-18-17(20-14)21(2)3/h8-9,11,15H,5-7,10,12H2,1-4H3. The van der Waals surface area contributed by atoms with Crippen molar-refractivity contribution < 1.29 is 0 Å². The first-order valence-electron chi connectivity index (χ1n) is 8.28. The van der Waals surface area contributed by atoms with Gasteiger partial charge in [0.2, 0.25) is 5.95 Å². The fourth-order valence-corrected chi connectivity index (χ4v) is 3.27. The van der Waals surface area contributed by atoms with E-state index in [1.807, 2.05) is 43.1 Å². The van der Waals surface area contributed by atoms with E-state index in [-0.39, 0.29) is 0 Å². The molecule has 23 heavy (non-hydrogen) atoms. The Morgan fingerprint density at radius 1 is 1.30 bits per heavy atom. The maximum Gasteiger partial charge on any atom is 0.225 e. The van der Waals surface area contributed by atoms with Crippen molar-refractivity contribution in [2.45, 2.75) is 38.8 Å². The molecule has 3 heterocycles. The van der Waals surface area contributed by atoms with E-state index in [0.29, 0.717) is 6.04 Å². The molecule has 124 valence electrons. The third kappa shape index (κ3) is 3.37. The molecule has 6 nitrogen and oxygen atoms in total. The van der Waals surface area contributed by atoms with Crippen LogP contribution in [0, 0.1) is 6.92 Å². The molecule has 0 N–H and O–H groups in total. The highest BCUT2D eigenvalue weighted by Crippen LogP contribution is 2.31. The van der Waals surface area contributed by atoms with Gasteiger partial charge in [0.25, 0.3) is 0 Å². The summed E-state index contributed by atoms with van der Waals surface area (Å²) in [7, 11) is 5.99. The number of aromatic nitrogens is 4. The molecule has 6 heteroatoms. The first kappa shape index (κ1) is 15.9. The topological polar surface area (TPSA) is 50.1 Å². The molecular formula is C17H26N6. The number of aryl methyl sites for hydroxylation is 2. The van der Waals surface area contributed by atoms with Crippen LogP contribution >= 0.6 is 0 Å². The summed E-state index contributed by atoms with van der Waals surface area (Å²) in [5.74, 6) is 0.782. The van der Waals surface area contributed by atoms with Crippen molar-refractivity contribution in [3.63, 3.8) is 0 Å². The van der Waals surface area contributed by atoms with Crippen molar-refractivity contribution in [1.82, 2.24) is 24.6 Å². The van der Waals surface area contributed by atoms with E-state index in [4.69, 9.17) is 4.98 Å². The van der Waals surface area contributed by atoms with Gasteiger partial charge in [0.15, 0.2) is 0 Å². The second-order valence-corrected chi connectivity index (χ2v) is 6.56. The molecule has 1 unspecified atom stereocenters. The van der Waals surface area contributed by atoms with Crippen LogP contribution in [-0.2, 0) is 13.6 Å². The van der Waals surface area contributed by atoms with E-state index in [2.05, 4.69) is 28.0 Å². The van der Waals surface area contributed by atoms with Crippen molar-refractivity contribution in [3.8, 4) is 0 Å². The van der Waals surface area contributed by atoms with Crippen molar-refractivity contribution in [1.29, 1.82) is 0 Å². The van der Waals surface area contributed by atoms with Gasteiger partial charge in [-0.1, -0.05) is 6.42 Å². The van der Waals surface area contributed by atoms with Gasteiger partial charge in [-0.05, 0) is 37.9 Å². The lowest BCUT2D eigenvalue weighted by molar-refractivity contribution is 0.133. The molecule has 1 aliphatic heterocycles. The number of rotatable bonds is 4. The van der Waals surface area contributed by atoms with Crippen LogP contribution in [0.4, 0.5) is 5.95 Å². The van der Waals surface area contributed by atoms with Crippen LogP contribution in [0.5, 0.6) is 0 Å². The molecule has 3 rings (SSSR count). The van der Waals surface area contributed by atoms with E-state index in [1.54, 1.807) is 0 Å². The van der Waals surface area contributed by atoms with E-state index >= 15 is 0 Å². The SMILES string of the molecule is Cc1cnn(C)c1CN1CCCCC1c1ccnc(N(C)C)n1. The highest BCUT2D eigenvalue weighted by atomic mass is 15.3. The molecule has 0 aromatic carbocycles. The zero-order chi connectivity index (χ0) is 16.4. The van der Waals surface area contributed by atoms with Crippen molar-refractivity contribution >= 4 is 5.95 Å². The molecular weight excluding hydrogens is 288 g/mol. The van der Waals surface area contributed by atoms with E-state index in [1.165, 1.54) is 24.1 Å². The molecule has 0 bridgehead atoms. The number of anilines is 1. The maximum absolute atomic E-state index is 4.77. The monoisotopic (exact) mass is 314 g/mol. The Balaban J connectivity index is 1.85. The summed E-state index contributed by atoms with van der Waals surface area (Å²) in [4.78, 5) is 13.6. The molecule has 1 aliphatic rings. The summed E-state index contributed by atoms with van der Waals surface area (Å²) in [5.41, 5.74) is 3.68. The predicted octanol–water partition coefficient (Wildman–Crippen LogP) is 2.31. The molecule has 0 saturated carbocycles. The Morgan fingerprint density at radius 2 is 2.13 bits per heavy atom. The number of piperidine rings is 1. The number of nitrogens with zero attached hydrogens (tertiary/aromatic N) is 6. The van der Waals surface area contributed by atoms with Gasteiger partial charge in [0, 0.05) is 33.9 Å². The highest BCUT2D eigenvalue weighted by molar-refractivity contribution is 5.28. The molecule has 1 fully saturated rings. The van der Waals surface area contributed by atoms with Gasteiger partial charge in [-0.3, -0.25) is 9.58 Å². The summed E-state index contributed by atoms with van der Waals surface area (Å²) in [6.45, 7) is 4.17. The average molecular weight is 314 g/mol. The summed E-state index contributed by atoms with van der Waals surface area (Å²) >= 11 is 0. The first-order chi connectivity index (χ1) is 11.1. The van der Waals surface area contributed by atoms with E-state index in [0.717, 1.165) is 31.2 Å². The Kier molecular flexibility index (Phi) is 4.61. The molecule has 2 aromatic heterocycles. The van der Waals surface area contributed by atoms with Crippen molar-refractivity contribution in [2.75, 3.05) is 25.5 Å². The van der Waals surface area contributed by atoms with Crippen LogP contribution < -0.4 is 4.90 Å². The maximum atomic E-state index is 4.77. The van der Waals surface area contributed by atoms with Crippen LogP contribution in [0.25, 0.3) is 0 Å². The Bertz CT molecular complexity index is 643. The molecule has 1 saturated heterocycles. The largest absolute Gasteiger partial charge is 0.347 e. The van der Waals surface area contributed by atoms with E-state index in [9.17, 15) is 0 Å². The summed E-state index contributed by atoms with van der Waals surface area (Å²) in [5, 5.41) is 4.37. The summed E-state index contributed by atoms with van der Waals surface area (Å²) in [6.07, 6.45) is 7.48. The molecule has 2 aromatic rings. The van der Waals surface area contributed by atoms with Crippen molar-refractivity contribution in [2.24, 2.45) is 7.05 Å². The lowest BCUT2D eigenvalue weighted by atomic mass is 9.98. The summed E-state index contributed by atoms with van der Waals surface area (Å²) in [6, 6.07) is 2.42. The minimum atomic E-state index is 0.361. The quantitative estimate of drug-likeness (QED) is 0.867. The zero-order valence-corrected chi connectivity index (χ0v) is 14.5. The smallest absolute Gasteiger partial charge is 0.225 e. The van der Waals surface area contributed by atoms with Crippen LogP contribution in [0.1, 0.15) is 42.3 Å². The van der Waals surface area contributed by atoms with Crippen LogP contribution in [-0.4, -0.2) is 45.3 Å². The summed E-state index contributed by atoms with van der Waals surface area (Å²) < 4.78 is 1.99. The second kappa shape index (κ2) is 6.66. The molecule has 0 radical (unpaired) electrons. The lowest BCUT2D eigenvalue weighted by Crippen LogP contribution is -2.34. The van der Waals surface area contributed by atoms with Gasteiger partial charge in [0.1, 0.15) is 0 Å². The third-order valence-electron chi connectivity index (χ3n) is 4.64. The fourth-order valence-electron chi connectivity index (χ4n) is 3.27. The normalized spacial score (nSPS) is 19.0. The van der Waals surface area contributed by atoms with Crippen molar-refractivity contribution in [3.05, 3.63) is 35.4 Å². The predicted molar refractivity (Wildman–Crippen MR) is 91.3 cm³/mol. The highest BCUT2D eigenvalue weighted by Gasteiger charge is 2.26. The van der Waals surface area contributed by atoms with E-state index < -0.39 is 0 Å². The van der Waals surface area contributed by atoms with Crippen LogP contribution in [0.3, 0.4) is 0 Å². The molecule has 0 amide bonds. The van der Waals surface area contributed by atoms with Gasteiger partial charge >= 0.3 is 0 Å². The Morgan fingerprint density at radius 3 is 2.83 bits per heavy atom. The minimum Gasteiger partial charge on any atom is -0.347 e. The van der Waals surface area contributed by atoms with Crippen LogP contribution in [0.15, 0.2) is 18.5 Å². The molecule has 0 aliphatic carbocycles. The van der Waals surface area contributed by atoms with Gasteiger partial charge in [0.05, 0.1) is 23.6 Å². The minimum absolute atomic E-state index is 0.361. The van der Waals surface area contributed by atoms with Crippen LogP contribution in [0.2, 0.25) is 0 Å². The van der Waals surface area contributed by atoms with Gasteiger partial charge in [-0.25, -0.2) is 9.97 Å². The van der Waals surface area contributed by atoms with Gasteiger partial charge in [-0.2, -0.15) is 5.10 Å². The average Bonchev–Trinajstić information content (AvgIpc) is 2.87. The van der Waals surface area contributed by atoms with Gasteiger partial charge in [-0.15, -0.1) is 0 Å². The lowest BCUT2D eigenvalue weighted by Gasteiger charge is -2.35. The Labute approximate surface area is 138 Å². The number of likely N-dealkylation sites (tertiary alicyclic amines) is 1.